The molecule has 0 radical (unpaired) electrons. The van der Waals surface area contributed by atoms with Gasteiger partial charge in [-0.1, -0.05) is 46.3 Å². The zero-order valence-electron chi connectivity index (χ0n) is 11.9. The molecule has 1 N–H and O–H groups in total. The van der Waals surface area contributed by atoms with Crippen molar-refractivity contribution in [3.05, 3.63) is 75.6 Å². The van der Waals surface area contributed by atoms with Gasteiger partial charge in [-0.3, -0.25) is 9.69 Å². The Labute approximate surface area is 140 Å². The number of carbonyl (C=O) groups excluding carboxylic acids is 2. The molecule has 0 unspecified atom stereocenters. The summed E-state index contributed by atoms with van der Waals surface area (Å²) < 4.78 is 14.6. The summed E-state index contributed by atoms with van der Waals surface area (Å²) in [5.41, 5.74) is 1.24. The third-order valence-corrected chi connectivity index (χ3v) is 3.90. The Hall–Kier alpha value is -2.47. The van der Waals surface area contributed by atoms with Crippen LogP contribution in [0.4, 0.5) is 9.18 Å². The second kappa shape index (κ2) is 6.34. The summed E-state index contributed by atoms with van der Waals surface area (Å²) in [4.78, 5) is 25.3. The highest BCUT2D eigenvalue weighted by Crippen LogP contribution is 2.19. The van der Waals surface area contributed by atoms with E-state index < -0.39 is 17.8 Å². The molecular formula is C17H12BrFN2O2. The Bertz CT molecular complexity index is 820. The number of amides is 3. The minimum absolute atomic E-state index is 0.104. The van der Waals surface area contributed by atoms with Crippen LogP contribution in [-0.4, -0.2) is 16.8 Å². The quantitative estimate of drug-likeness (QED) is 0.657. The fourth-order valence-electron chi connectivity index (χ4n) is 2.28. The highest BCUT2D eigenvalue weighted by molar-refractivity contribution is 9.10. The van der Waals surface area contributed by atoms with Crippen molar-refractivity contribution in [2.75, 3.05) is 0 Å². The lowest BCUT2D eigenvalue weighted by molar-refractivity contribution is -0.123. The van der Waals surface area contributed by atoms with Gasteiger partial charge in [0.1, 0.15) is 11.5 Å². The molecule has 2 aromatic rings. The van der Waals surface area contributed by atoms with E-state index >= 15 is 0 Å². The van der Waals surface area contributed by atoms with E-state index in [4.69, 9.17) is 0 Å². The lowest BCUT2D eigenvalue weighted by atomic mass is 10.2. The number of hydrogen-bond acceptors (Lipinski definition) is 2. The smallest absolute Gasteiger partial charge is 0.303 e. The van der Waals surface area contributed by atoms with Gasteiger partial charge in [0.05, 0.1) is 6.54 Å². The van der Waals surface area contributed by atoms with Crippen molar-refractivity contribution in [3.8, 4) is 0 Å². The van der Waals surface area contributed by atoms with Crippen LogP contribution in [0.5, 0.6) is 0 Å². The van der Waals surface area contributed by atoms with Crippen LogP contribution < -0.4 is 5.32 Å². The summed E-state index contributed by atoms with van der Waals surface area (Å²) in [6.45, 7) is -0.104. The predicted octanol–water partition coefficient (Wildman–Crippen LogP) is 3.68. The van der Waals surface area contributed by atoms with Crippen LogP contribution in [-0.2, 0) is 11.3 Å². The molecule has 116 valence electrons. The van der Waals surface area contributed by atoms with Crippen molar-refractivity contribution in [1.29, 1.82) is 0 Å². The molecule has 0 aliphatic carbocycles. The van der Waals surface area contributed by atoms with Crippen molar-refractivity contribution in [3.63, 3.8) is 0 Å². The maximum Gasteiger partial charge on any atom is 0.329 e. The second-order valence-electron chi connectivity index (χ2n) is 5.03. The largest absolute Gasteiger partial charge is 0.329 e. The molecule has 4 nitrogen and oxygen atoms in total. The summed E-state index contributed by atoms with van der Waals surface area (Å²) in [5, 5.41) is 2.52. The third kappa shape index (κ3) is 3.32. The monoisotopic (exact) mass is 374 g/mol. The first kappa shape index (κ1) is 15.4. The SMILES string of the molecule is O=C1N/C(=C\c2cccc(Br)c2)C(=O)N1Cc1ccccc1F. The Balaban J connectivity index is 1.84. The molecule has 1 fully saturated rings. The van der Waals surface area contributed by atoms with Crippen molar-refractivity contribution < 1.29 is 14.0 Å². The molecule has 1 heterocycles. The zero-order chi connectivity index (χ0) is 16.4. The molecule has 23 heavy (non-hydrogen) atoms. The lowest BCUT2D eigenvalue weighted by Crippen LogP contribution is -2.30. The molecule has 2 aromatic carbocycles. The molecule has 0 bridgehead atoms. The van der Waals surface area contributed by atoms with Crippen molar-refractivity contribution in [2.24, 2.45) is 0 Å². The van der Waals surface area contributed by atoms with Crippen LogP contribution in [0.3, 0.4) is 0 Å². The van der Waals surface area contributed by atoms with E-state index in [2.05, 4.69) is 21.2 Å². The third-order valence-electron chi connectivity index (χ3n) is 3.41. The van der Waals surface area contributed by atoms with E-state index in [0.29, 0.717) is 5.56 Å². The first-order valence-electron chi connectivity index (χ1n) is 6.88. The standard InChI is InChI=1S/C17H12BrFN2O2/c18-13-6-3-4-11(8-13)9-15-16(22)21(17(23)20-15)10-12-5-1-2-7-14(12)19/h1-9H,10H2,(H,20,23)/b15-9-. The maximum atomic E-state index is 13.7. The van der Waals surface area contributed by atoms with E-state index in [1.54, 1.807) is 24.3 Å². The van der Waals surface area contributed by atoms with Gasteiger partial charge in [0.15, 0.2) is 0 Å². The number of rotatable bonds is 3. The van der Waals surface area contributed by atoms with Crippen LogP contribution in [0.1, 0.15) is 11.1 Å². The van der Waals surface area contributed by atoms with Gasteiger partial charge in [0.25, 0.3) is 5.91 Å². The number of benzene rings is 2. The van der Waals surface area contributed by atoms with E-state index in [1.807, 2.05) is 24.3 Å². The van der Waals surface area contributed by atoms with Gasteiger partial charge >= 0.3 is 6.03 Å². The number of hydrogen-bond donors (Lipinski definition) is 1. The van der Waals surface area contributed by atoms with E-state index in [9.17, 15) is 14.0 Å². The molecule has 0 saturated carbocycles. The van der Waals surface area contributed by atoms with Gasteiger partial charge in [0.2, 0.25) is 0 Å². The van der Waals surface area contributed by atoms with Crippen LogP contribution in [0.2, 0.25) is 0 Å². The van der Waals surface area contributed by atoms with E-state index in [1.165, 1.54) is 6.07 Å². The normalized spacial score (nSPS) is 16.1. The number of imide groups is 1. The molecule has 0 spiro atoms. The Morgan fingerprint density at radius 1 is 1.13 bits per heavy atom. The van der Waals surface area contributed by atoms with Gasteiger partial charge in [-0.2, -0.15) is 0 Å². The fraction of sp³-hybridized carbons (Fsp3) is 0.0588. The number of carbonyl (C=O) groups is 2. The minimum Gasteiger partial charge on any atom is -0.303 e. The highest BCUT2D eigenvalue weighted by atomic mass is 79.9. The number of halogens is 2. The molecule has 0 aromatic heterocycles. The first-order chi connectivity index (χ1) is 11.0. The molecule has 6 heteroatoms. The number of nitrogens with zero attached hydrogens (tertiary/aromatic N) is 1. The summed E-state index contributed by atoms with van der Waals surface area (Å²) >= 11 is 3.35. The lowest BCUT2D eigenvalue weighted by Gasteiger charge is -2.12. The maximum absolute atomic E-state index is 13.7. The molecule has 1 saturated heterocycles. The molecule has 1 aliphatic heterocycles. The summed E-state index contributed by atoms with van der Waals surface area (Å²) in [6, 6.07) is 12.8. The first-order valence-corrected chi connectivity index (χ1v) is 7.67. The molecule has 3 rings (SSSR count). The van der Waals surface area contributed by atoms with Crippen LogP contribution >= 0.6 is 15.9 Å². The van der Waals surface area contributed by atoms with Crippen molar-refractivity contribution in [2.45, 2.75) is 6.54 Å². The number of urea groups is 1. The summed E-state index contributed by atoms with van der Waals surface area (Å²) in [7, 11) is 0. The highest BCUT2D eigenvalue weighted by Gasteiger charge is 2.33. The fourth-order valence-corrected chi connectivity index (χ4v) is 2.69. The summed E-state index contributed by atoms with van der Waals surface area (Å²) in [6.07, 6.45) is 1.59. The molecular weight excluding hydrogens is 363 g/mol. The Morgan fingerprint density at radius 3 is 2.65 bits per heavy atom. The van der Waals surface area contributed by atoms with Crippen molar-refractivity contribution in [1.82, 2.24) is 10.2 Å². The van der Waals surface area contributed by atoms with Gasteiger partial charge < -0.3 is 5.32 Å². The topological polar surface area (TPSA) is 49.4 Å². The van der Waals surface area contributed by atoms with Crippen LogP contribution in [0.25, 0.3) is 6.08 Å². The predicted molar refractivity (Wildman–Crippen MR) is 87.6 cm³/mol. The van der Waals surface area contributed by atoms with Crippen molar-refractivity contribution >= 4 is 33.9 Å². The Kier molecular flexibility index (Phi) is 4.25. The minimum atomic E-state index is -0.556. The van der Waals surface area contributed by atoms with Crippen LogP contribution in [0, 0.1) is 5.82 Å². The average molecular weight is 375 g/mol. The van der Waals surface area contributed by atoms with Crippen LogP contribution in [0.15, 0.2) is 58.7 Å². The average Bonchev–Trinajstić information content (AvgIpc) is 2.77. The van der Waals surface area contributed by atoms with Gasteiger partial charge in [0, 0.05) is 10.0 Å². The molecule has 1 aliphatic rings. The van der Waals surface area contributed by atoms with E-state index in [-0.39, 0.29) is 12.2 Å². The molecule has 3 amide bonds. The second-order valence-corrected chi connectivity index (χ2v) is 5.94. The Morgan fingerprint density at radius 2 is 1.91 bits per heavy atom. The van der Waals surface area contributed by atoms with Gasteiger partial charge in [-0.25, -0.2) is 9.18 Å². The number of nitrogens with one attached hydrogen (secondary N) is 1. The summed E-state index contributed by atoms with van der Waals surface area (Å²) in [5.74, 6) is -0.921. The molecule has 0 atom stereocenters. The zero-order valence-corrected chi connectivity index (χ0v) is 13.5. The van der Waals surface area contributed by atoms with Gasteiger partial charge in [-0.15, -0.1) is 0 Å². The van der Waals surface area contributed by atoms with E-state index in [0.717, 1.165) is 14.9 Å². The van der Waals surface area contributed by atoms with Gasteiger partial charge in [-0.05, 0) is 29.8 Å².